The van der Waals surface area contributed by atoms with Gasteiger partial charge in [-0.2, -0.15) is 0 Å². The molecule has 0 aliphatic rings. The van der Waals surface area contributed by atoms with E-state index in [1.165, 1.54) is 6.07 Å². The van der Waals surface area contributed by atoms with Gasteiger partial charge in [0.2, 0.25) is 0 Å². The number of H-pyrrole nitrogens is 1. The van der Waals surface area contributed by atoms with Crippen molar-refractivity contribution in [2.75, 3.05) is 0 Å². The Morgan fingerprint density at radius 1 is 1.25 bits per heavy atom. The van der Waals surface area contributed by atoms with E-state index in [1.54, 1.807) is 0 Å². The number of benzene rings is 1. The van der Waals surface area contributed by atoms with Crippen molar-refractivity contribution in [3.8, 4) is 17.0 Å². The number of nitrogens with zero attached hydrogens (tertiary/aromatic N) is 1. The van der Waals surface area contributed by atoms with Crippen molar-refractivity contribution in [1.82, 2.24) is 9.97 Å². The Morgan fingerprint density at radius 3 is 2.55 bits per heavy atom. The molecule has 0 aliphatic carbocycles. The van der Waals surface area contributed by atoms with Crippen LogP contribution in [0.15, 0.2) is 35.1 Å². The zero-order valence-corrected chi connectivity index (χ0v) is 12.1. The molecule has 0 saturated heterocycles. The molecule has 0 unspecified atom stereocenters. The van der Waals surface area contributed by atoms with Crippen molar-refractivity contribution in [2.45, 2.75) is 39.7 Å². The quantitative estimate of drug-likeness (QED) is 0.909. The Kier molecular flexibility index (Phi) is 4.56. The smallest absolute Gasteiger partial charge is 0.251 e. The molecule has 4 nitrogen and oxygen atoms in total. The summed E-state index contributed by atoms with van der Waals surface area (Å²) in [5.74, 6) is 1.56. The first-order valence-electron chi connectivity index (χ1n) is 6.96. The summed E-state index contributed by atoms with van der Waals surface area (Å²) in [5, 5.41) is 0. The number of hydrogen-bond acceptors (Lipinski definition) is 3. The fraction of sp³-hybridized carbons (Fsp3) is 0.375. The third kappa shape index (κ3) is 3.70. The Hall–Kier alpha value is -2.10. The maximum atomic E-state index is 11.7. The zero-order valence-electron chi connectivity index (χ0n) is 12.1. The van der Waals surface area contributed by atoms with Gasteiger partial charge in [-0.1, -0.05) is 6.92 Å². The first-order valence-corrected chi connectivity index (χ1v) is 6.96. The van der Waals surface area contributed by atoms with E-state index < -0.39 is 0 Å². The molecular weight excluding hydrogens is 252 g/mol. The van der Waals surface area contributed by atoms with Crippen molar-refractivity contribution >= 4 is 0 Å². The van der Waals surface area contributed by atoms with E-state index in [1.807, 2.05) is 38.1 Å². The Bertz CT molecular complexity index is 615. The minimum absolute atomic E-state index is 0.110. The summed E-state index contributed by atoms with van der Waals surface area (Å²) in [7, 11) is 0. The van der Waals surface area contributed by atoms with Crippen molar-refractivity contribution in [2.24, 2.45) is 0 Å². The molecule has 0 fully saturated rings. The maximum absolute atomic E-state index is 11.7. The van der Waals surface area contributed by atoms with Gasteiger partial charge in [-0.3, -0.25) is 4.79 Å². The molecule has 1 aromatic heterocycles. The largest absolute Gasteiger partial charge is 0.491 e. The van der Waals surface area contributed by atoms with Crippen LogP contribution in [-0.4, -0.2) is 16.1 Å². The molecule has 2 rings (SSSR count). The monoisotopic (exact) mass is 272 g/mol. The molecule has 1 aromatic carbocycles. The lowest BCUT2D eigenvalue weighted by atomic mass is 10.1. The lowest BCUT2D eigenvalue weighted by Crippen LogP contribution is -2.11. The molecule has 4 heteroatoms. The molecule has 0 atom stereocenters. The average molecular weight is 272 g/mol. The van der Waals surface area contributed by atoms with Crippen LogP contribution in [0.3, 0.4) is 0 Å². The van der Waals surface area contributed by atoms with Crippen molar-refractivity contribution in [1.29, 1.82) is 0 Å². The van der Waals surface area contributed by atoms with Gasteiger partial charge in [0.15, 0.2) is 0 Å². The van der Waals surface area contributed by atoms with Crippen molar-refractivity contribution in [3.05, 3.63) is 46.5 Å². The number of rotatable bonds is 5. The van der Waals surface area contributed by atoms with Gasteiger partial charge in [0.1, 0.15) is 11.6 Å². The number of hydrogen-bond donors (Lipinski definition) is 1. The third-order valence-corrected chi connectivity index (χ3v) is 2.80. The molecule has 0 amide bonds. The molecule has 0 aliphatic heterocycles. The molecule has 1 N–H and O–H groups in total. The average Bonchev–Trinajstić information content (AvgIpc) is 2.38. The van der Waals surface area contributed by atoms with E-state index in [4.69, 9.17) is 4.74 Å². The minimum Gasteiger partial charge on any atom is -0.491 e. The van der Waals surface area contributed by atoms with Gasteiger partial charge < -0.3 is 9.72 Å². The standard InChI is InChI=1S/C16H20N2O2/c1-4-5-15-17-14(10-16(19)18-15)12-6-8-13(9-7-12)20-11(2)3/h6-11H,4-5H2,1-3H3,(H,17,18,19). The zero-order chi connectivity index (χ0) is 14.5. The second-order valence-corrected chi connectivity index (χ2v) is 5.02. The van der Waals surface area contributed by atoms with Gasteiger partial charge in [-0.15, -0.1) is 0 Å². The third-order valence-electron chi connectivity index (χ3n) is 2.80. The van der Waals surface area contributed by atoms with Crippen LogP contribution < -0.4 is 10.3 Å². The van der Waals surface area contributed by atoms with Crippen LogP contribution in [0, 0.1) is 0 Å². The molecule has 0 radical (unpaired) electrons. The minimum atomic E-state index is -0.110. The van der Waals surface area contributed by atoms with Crippen LogP contribution in [0.25, 0.3) is 11.3 Å². The summed E-state index contributed by atoms with van der Waals surface area (Å²) in [6, 6.07) is 9.18. The SMILES string of the molecule is CCCc1nc(-c2ccc(OC(C)C)cc2)cc(=O)[nH]1. The molecule has 0 saturated carbocycles. The molecule has 20 heavy (non-hydrogen) atoms. The van der Waals surface area contributed by atoms with Crippen LogP contribution in [0.2, 0.25) is 0 Å². The van der Waals surface area contributed by atoms with Crippen LogP contribution in [-0.2, 0) is 6.42 Å². The van der Waals surface area contributed by atoms with Crippen LogP contribution in [0.4, 0.5) is 0 Å². The Labute approximate surface area is 118 Å². The van der Waals surface area contributed by atoms with Gasteiger partial charge >= 0.3 is 0 Å². The highest BCUT2D eigenvalue weighted by molar-refractivity contribution is 5.59. The number of nitrogens with one attached hydrogen (secondary N) is 1. The van der Waals surface area contributed by atoms with Crippen molar-refractivity contribution < 1.29 is 4.74 Å². The van der Waals surface area contributed by atoms with E-state index >= 15 is 0 Å². The number of aromatic amines is 1. The van der Waals surface area contributed by atoms with E-state index in [9.17, 15) is 4.79 Å². The first-order chi connectivity index (χ1) is 9.58. The van der Waals surface area contributed by atoms with Gasteiger partial charge in [0.25, 0.3) is 5.56 Å². The Morgan fingerprint density at radius 2 is 1.95 bits per heavy atom. The highest BCUT2D eigenvalue weighted by Gasteiger charge is 2.05. The summed E-state index contributed by atoms with van der Waals surface area (Å²) in [4.78, 5) is 18.9. The summed E-state index contributed by atoms with van der Waals surface area (Å²) >= 11 is 0. The topological polar surface area (TPSA) is 55.0 Å². The summed E-state index contributed by atoms with van der Waals surface area (Å²) in [5.41, 5.74) is 1.51. The Balaban J connectivity index is 2.29. The highest BCUT2D eigenvalue weighted by atomic mass is 16.5. The first kappa shape index (κ1) is 14.3. The lowest BCUT2D eigenvalue weighted by Gasteiger charge is -2.10. The van der Waals surface area contributed by atoms with Gasteiger partial charge in [-0.05, 0) is 44.5 Å². The molecule has 1 heterocycles. The maximum Gasteiger partial charge on any atom is 0.251 e. The van der Waals surface area contributed by atoms with Gasteiger partial charge in [0, 0.05) is 18.1 Å². The van der Waals surface area contributed by atoms with E-state index in [0.717, 1.165) is 30.0 Å². The predicted molar refractivity (Wildman–Crippen MR) is 80.1 cm³/mol. The molecular formula is C16H20N2O2. The summed E-state index contributed by atoms with van der Waals surface area (Å²) < 4.78 is 5.60. The second-order valence-electron chi connectivity index (χ2n) is 5.02. The van der Waals surface area contributed by atoms with Crippen LogP contribution in [0.1, 0.15) is 33.0 Å². The molecule has 2 aromatic rings. The fourth-order valence-electron chi connectivity index (χ4n) is 1.99. The normalized spacial score (nSPS) is 10.8. The van der Waals surface area contributed by atoms with E-state index in [0.29, 0.717) is 5.69 Å². The van der Waals surface area contributed by atoms with E-state index in [2.05, 4.69) is 16.9 Å². The highest BCUT2D eigenvalue weighted by Crippen LogP contribution is 2.20. The molecule has 106 valence electrons. The van der Waals surface area contributed by atoms with E-state index in [-0.39, 0.29) is 11.7 Å². The summed E-state index contributed by atoms with van der Waals surface area (Å²) in [6.45, 7) is 6.04. The van der Waals surface area contributed by atoms with Crippen LogP contribution >= 0.6 is 0 Å². The summed E-state index contributed by atoms with van der Waals surface area (Å²) in [6.07, 6.45) is 1.88. The number of ether oxygens (including phenoxy) is 1. The molecule has 0 spiro atoms. The second kappa shape index (κ2) is 6.37. The lowest BCUT2D eigenvalue weighted by molar-refractivity contribution is 0.242. The number of aryl methyl sites for hydroxylation is 1. The molecule has 0 bridgehead atoms. The van der Waals surface area contributed by atoms with Gasteiger partial charge in [-0.25, -0.2) is 4.98 Å². The fourth-order valence-corrected chi connectivity index (χ4v) is 1.99. The predicted octanol–water partition coefficient (Wildman–Crippen LogP) is 3.18. The van der Waals surface area contributed by atoms with Crippen molar-refractivity contribution in [3.63, 3.8) is 0 Å². The number of aromatic nitrogens is 2. The van der Waals surface area contributed by atoms with Crippen LogP contribution in [0.5, 0.6) is 5.75 Å². The van der Waals surface area contributed by atoms with Gasteiger partial charge in [0.05, 0.1) is 11.8 Å².